The molecular weight excluding hydrogens is 248 g/mol. The van der Waals surface area contributed by atoms with Crippen LogP contribution in [0.5, 0.6) is 0 Å². The lowest BCUT2D eigenvalue weighted by Crippen LogP contribution is -2.25. The van der Waals surface area contributed by atoms with Gasteiger partial charge in [0.25, 0.3) is 0 Å². The summed E-state index contributed by atoms with van der Waals surface area (Å²) in [6.45, 7) is 4.47. The molecule has 0 saturated heterocycles. The quantitative estimate of drug-likeness (QED) is 0.854. The minimum Gasteiger partial charge on any atom is -0.389 e. The molecule has 0 bridgehead atoms. The second-order valence-electron chi connectivity index (χ2n) is 7.34. The highest BCUT2D eigenvalue weighted by Gasteiger charge is 2.28. The first kappa shape index (κ1) is 13.9. The maximum absolute atomic E-state index is 9.97. The fourth-order valence-corrected chi connectivity index (χ4v) is 3.84. The third-order valence-corrected chi connectivity index (χ3v) is 4.67. The molecule has 0 aromatic carbocycles. The predicted molar refractivity (Wildman–Crippen MR) is 80.5 cm³/mol. The second kappa shape index (κ2) is 5.36. The molecule has 2 aliphatic rings. The number of hydrogen-bond acceptors (Lipinski definition) is 2. The van der Waals surface area contributed by atoms with E-state index in [1.807, 2.05) is 6.08 Å². The molecule has 3 heteroatoms. The summed E-state index contributed by atoms with van der Waals surface area (Å²) in [6.07, 6.45) is 11.9. The standard InChI is InChI=1S/C17H26N2O/c1-17(2)11-13(10-16(20)12-17)9-14-7-8-19(18-14)15-5-3-4-6-15/h7-8,10,15-16,20H,3-6,9,11-12H2,1-2H3. The van der Waals surface area contributed by atoms with Crippen molar-refractivity contribution in [3.8, 4) is 0 Å². The van der Waals surface area contributed by atoms with Gasteiger partial charge in [-0.2, -0.15) is 5.10 Å². The summed E-state index contributed by atoms with van der Waals surface area (Å²) in [7, 11) is 0. The summed E-state index contributed by atoms with van der Waals surface area (Å²) < 4.78 is 2.16. The zero-order chi connectivity index (χ0) is 14.2. The maximum atomic E-state index is 9.97. The third kappa shape index (κ3) is 3.14. The van der Waals surface area contributed by atoms with Crippen LogP contribution in [-0.2, 0) is 6.42 Å². The van der Waals surface area contributed by atoms with Crippen molar-refractivity contribution >= 4 is 0 Å². The molecule has 1 aromatic rings. The van der Waals surface area contributed by atoms with Gasteiger partial charge in [-0.1, -0.05) is 38.3 Å². The van der Waals surface area contributed by atoms with Crippen LogP contribution in [0.2, 0.25) is 0 Å². The minimum absolute atomic E-state index is 0.206. The van der Waals surface area contributed by atoms with Gasteiger partial charge in [0, 0.05) is 12.6 Å². The van der Waals surface area contributed by atoms with Gasteiger partial charge in [-0.15, -0.1) is 0 Å². The van der Waals surface area contributed by atoms with Crippen molar-refractivity contribution in [2.24, 2.45) is 5.41 Å². The first-order chi connectivity index (χ1) is 9.52. The summed E-state index contributed by atoms with van der Waals surface area (Å²) in [5.74, 6) is 0. The smallest absolute Gasteiger partial charge is 0.0728 e. The monoisotopic (exact) mass is 274 g/mol. The van der Waals surface area contributed by atoms with E-state index in [1.165, 1.54) is 31.3 Å². The molecule has 1 atom stereocenters. The highest BCUT2D eigenvalue weighted by Crippen LogP contribution is 2.36. The minimum atomic E-state index is -0.286. The van der Waals surface area contributed by atoms with Crippen LogP contribution in [0.15, 0.2) is 23.9 Å². The summed E-state index contributed by atoms with van der Waals surface area (Å²) in [5, 5.41) is 14.7. The lowest BCUT2D eigenvalue weighted by atomic mass is 9.75. The number of allylic oxidation sites excluding steroid dienone is 1. The Morgan fingerprint density at radius 2 is 2.10 bits per heavy atom. The van der Waals surface area contributed by atoms with E-state index < -0.39 is 0 Å². The SMILES string of the molecule is CC1(C)CC(Cc2ccn(C3CCCC3)n2)=CC(O)C1. The van der Waals surface area contributed by atoms with Gasteiger partial charge < -0.3 is 5.11 Å². The molecule has 2 aliphatic carbocycles. The van der Waals surface area contributed by atoms with Crippen molar-refractivity contribution in [1.29, 1.82) is 0 Å². The van der Waals surface area contributed by atoms with Gasteiger partial charge in [-0.05, 0) is 37.2 Å². The average molecular weight is 274 g/mol. The fraction of sp³-hybridized carbons (Fsp3) is 0.706. The Morgan fingerprint density at radius 1 is 1.35 bits per heavy atom. The molecule has 1 N–H and O–H groups in total. The van der Waals surface area contributed by atoms with Gasteiger partial charge in [-0.3, -0.25) is 4.68 Å². The van der Waals surface area contributed by atoms with E-state index in [9.17, 15) is 5.11 Å². The largest absolute Gasteiger partial charge is 0.389 e. The Morgan fingerprint density at radius 3 is 2.80 bits per heavy atom. The topological polar surface area (TPSA) is 38.0 Å². The number of aliphatic hydroxyl groups is 1. The average Bonchev–Trinajstić information content (AvgIpc) is 2.94. The summed E-state index contributed by atoms with van der Waals surface area (Å²) >= 11 is 0. The first-order valence-corrected chi connectivity index (χ1v) is 7.93. The van der Waals surface area contributed by atoms with Crippen LogP contribution in [0, 0.1) is 5.41 Å². The number of hydrogen-bond donors (Lipinski definition) is 1. The predicted octanol–water partition coefficient (Wildman–Crippen LogP) is 3.65. The Labute approximate surface area is 121 Å². The van der Waals surface area contributed by atoms with Crippen molar-refractivity contribution in [3.05, 3.63) is 29.6 Å². The Kier molecular flexibility index (Phi) is 3.72. The molecule has 0 amide bonds. The summed E-state index contributed by atoms with van der Waals surface area (Å²) in [6, 6.07) is 2.76. The van der Waals surface area contributed by atoms with Crippen LogP contribution in [0.1, 0.15) is 64.1 Å². The van der Waals surface area contributed by atoms with Crippen LogP contribution in [0.25, 0.3) is 0 Å². The lowest BCUT2D eigenvalue weighted by molar-refractivity contribution is 0.138. The molecule has 0 aliphatic heterocycles. The van der Waals surface area contributed by atoms with E-state index in [2.05, 4.69) is 30.8 Å². The van der Waals surface area contributed by atoms with Crippen molar-refractivity contribution in [1.82, 2.24) is 9.78 Å². The van der Waals surface area contributed by atoms with Crippen molar-refractivity contribution < 1.29 is 5.11 Å². The van der Waals surface area contributed by atoms with Crippen LogP contribution < -0.4 is 0 Å². The molecule has 1 saturated carbocycles. The van der Waals surface area contributed by atoms with Crippen LogP contribution in [0.4, 0.5) is 0 Å². The van der Waals surface area contributed by atoms with E-state index in [0.717, 1.165) is 25.0 Å². The molecule has 3 nitrogen and oxygen atoms in total. The van der Waals surface area contributed by atoms with Gasteiger partial charge >= 0.3 is 0 Å². The maximum Gasteiger partial charge on any atom is 0.0728 e. The lowest BCUT2D eigenvalue weighted by Gasteiger charge is -2.32. The Bertz CT molecular complexity index is 495. The van der Waals surface area contributed by atoms with Crippen LogP contribution in [0.3, 0.4) is 0 Å². The molecule has 1 aromatic heterocycles. The fourth-order valence-electron chi connectivity index (χ4n) is 3.84. The molecule has 1 unspecified atom stereocenters. The molecule has 20 heavy (non-hydrogen) atoms. The van der Waals surface area contributed by atoms with Crippen molar-refractivity contribution in [2.45, 2.75) is 70.9 Å². The van der Waals surface area contributed by atoms with Crippen LogP contribution in [-0.4, -0.2) is 21.0 Å². The van der Waals surface area contributed by atoms with Crippen molar-refractivity contribution in [3.63, 3.8) is 0 Å². The zero-order valence-electron chi connectivity index (χ0n) is 12.7. The molecule has 1 fully saturated rings. The van der Waals surface area contributed by atoms with E-state index in [1.54, 1.807) is 0 Å². The molecule has 0 spiro atoms. The highest BCUT2D eigenvalue weighted by atomic mass is 16.3. The molecular formula is C17H26N2O. The van der Waals surface area contributed by atoms with Gasteiger partial charge in [0.05, 0.1) is 17.8 Å². The molecule has 3 rings (SSSR count). The van der Waals surface area contributed by atoms with Gasteiger partial charge in [0.1, 0.15) is 0 Å². The van der Waals surface area contributed by atoms with Crippen molar-refractivity contribution in [2.75, 3.05) is 0 Å². The normalized spacial score (nSPS) is 26.8. The molecule has 1 heterocycles. The Balaban J connectivity index is 1.68. The van der Waals surface area contributed by atoms with E-state index >= 15 is 0 Å². The third-order valence-electron chi connectivity index (χ3n) is 4.67. The van der Waals surface area contributed by atoms with E-state index in [0.29, 0.717) is 6.04 Å². The Hall–Kier alpha value is -1.09. The summed E-state index contributed by atoms with van der Waals surface area (Å²) in [5.41, 5.74) is 2.69. The second-order valence-corrected chi connectivity index (χ2v) is 7.34. The molecule has 110 valence electrons. The number of nitrogens with zero attached hydrogens (tertiary/aromatic N) is 2. The zero-order valence-corrected chi connectivity index (χ0v) is 12.7. The van der Waals surface area contributed by atoms with Gasteiger partial charge in [-0.25, -0.2) is 0 Å². The van der Waals surface area contributed by atoms with Gasteiger partial charge in [0.15, 0.2) is 0 Å². The highest BCUT2D eigenvalue weighted by molar-refractivity contribution is 5.19. The number of rotatable bonds is 3. The van der Waals surface area contributed by atoms with Crippen LogP contribution >= 0.6 is 0 Å². The summed E-state index contributed by atoms with van der Waals surface area (Å²) in [4.78, 5) is 0. The van der Waals surface area contributed by atoms with E-state index in [4.69, 9.17) is 5.10 Å². The number of aliphatic hydroxyl groups excluding tert-OH is 1. The van der Waals surface area contributed by atoms with E-state index in [-0.39, 0.29) is 11.5 Å². The first-order valence-electron chi connectivity index (χ1n) is 7.93. The molecule has 0 radical (unpaired) electrons. The van der Waals surface area contributed by atoms with Gasteiger partial charge in [0.2, 0.25) is 0 Å². The number of aromatic nitrogens is 2.